The number of rotatable bonds is 16. The molecule has 0 saturated carbocycles. The highest BCUT2D eigenvalue weighted by molar-refractivity contribution is 7.86. The van der Waals surface area contributed by atoms with Gasteiger partial charge in [-0.1, -0.05) is 88.4 Å². The van der Waals surface area contributed by atoms with Gasteiger partial charge in [0.05, 0.1) is 34.5 Å². The number of benzene rings is 4. The maximum Gasteiger partial charge on any atom is 0.394 e. The third-order valence-corrected chi connectivity index (χ3v) is 12.2. The van der Waals surface area contributed by atoms with E-state index in [1.807, 2.05) is 52.0 Å². The average molecular weight is 961 g/mol. The van der Waals surface area contributed by atoms with Crippen LogP contribution in [0.1, 0.15) is 87.5 Å². The van der Waals surface area contributed by atoms with E-state index in [4.69, 9.17) is 27.0 Å². The van der Waals surface area contributed by atoms with Crippen LogP contribution in [-0.4, -0.2) is 90.8 Å². The largest absolute Gasteiger partial charge is 0.744 e. The van der Waals surface area contributed by atoms with Gasteiger partial charge >= 0.3 is 34.3 Å². The topological polar surface area (TPSA) is 316 Å². The number of carbonyl (C=O) groups is 4. The minimum atomic E-state index is -4.81. The Hall–Kier alpha value is -5.55. The summed E-state index contributed by atoms with van der Waals surface area (Å²) in [7, 11) is -14.3. The molecule has 21 heteroatoms. The normalized spacial score (nSPS) is 14.1. The van der Waals surface area contributed by atoms with Crippen LogP contribution in [-0.2, 0) is 59.3 Å². The van der Waals surface area contributed by atoms with E-state index < -0.39 is 82.1 Å². The molecule has 0 radical (unpaired) electrons. The van der Waals surface area contributed by atoms with Gasteiger partial charge in [0.25, 0.3) is 0 Å². The SMILES string of the molecule is CC(C)C[C@H](CC(=O)OCC1c2ccc(S(=O)(=O)[O-])cc2-c2cc(S(=O)(=O)[O-])ccc21)C(=O)O.CC(C)C[C@H](CC(=O)OCC1c2ccccc2-c2ccccc21)C(=O)O.O=S(=O)(O)O. The standard InChI is InChI=1S/C22H24O10S2.C22H24O4.H2O4S/c1-12(2)7-13(22(24)25)8-21(23)32-11-20-16-5-3-14(33(26,27)28)9-18(16)19-10-15(34(29,30)31)4-6-17(19)20;1-14(2)11-15(22(24)25)12-21(23)26-13-20-18-9-5-3-7-16(18)17-8-4-6-10-19(17)20;1-5(2,3)4/h3-6,9-10,12-13,20H,7-8,11H2,1-2H3,(H,24,25)(H,26,27,28)(H,29,30,31);3-10,14-15,20H,11-13H2,1-2H3,(H,24,25);(H2,1,2,3,4)/p-2/t13-;15-;/m11./s1. The van der Waals surface area contributed by atoms with E-state index >= 15 is 0 Å². The molecule has 6 rings (SSSR count). The second-order valence-corrected chi connectivity index (χ2v) is 19.9. The lowest BCUT2D eigenvalue weighted by Crippen LogP contribution is -2.22. The molecular formula is C44H48O18S3-2. The Bertz CT molecular complexity index is 2610. The summed E-state index contributed by atoms with van der Waals surface area (Å²) in [4.78, 5) is 46.3. The van der Waals surface area contributed by atoms with E-state index in [9.17, 15) is 55.3 Å². The van der Waals surface area contributed by atoms with Gasteiger partial charge < -0.3 is 28.8 Å². The van der Waals surface area contributed by atoms with Gasteiger partial charge in [-0.3, -0.25) is 28.3 Å². The first-order valence-corrected chi connectivity index (χ1v) is 24.2. The van der Waals surface area contributed by atoms with Crippen molar-refractivity contribution in [3.05, 3.63) is 107 Å². The smallest absolute Gasteiger partial charge is 0.394 e. The summed E-state index contributed by atoms with van der Waals surface area (Å²) in [6.07, 6.45) is 0.349. The second-order valence-electron chi connectivity index (χ2n) is 16.2. The van der Waals surface area contributed by atoms with E-state index in [1.165, 1.54) is 23.3 Å². The number of carbonyl (C=O) groups excluding carboxylic acids is 2. The molecule has 2 aliphatic rings. The summed E-state index contributed by atoms with van der Waals surface area (Å²) in [5.74, 6) is -5.20. The van der Waals surface area contributed by atoms with Gasteiger partial charge in [-0.2, -0.15) is 8.42 Å². The van der Waals surface area contributed by atoms with Crippen molar-refractivity contribution in [2.24, 2.45) is 23.7 Å². The van der Waals surface area contributed by atoms with Gasteiger partial charge in [0.15, 0.2) is 0 Å². The molecule has 0 saturated heterocycles. The van der Waals surface area contributed by atoms with Crippen molar-refractivity contribution in [1.29, 1.82) is 0 Å². The third-order valence-electron chi connectivity index (χ3n) is 10.5. The lowest BCUT2D eigenvalue weighted by Gasteiger charge is -2.17. The van der Waals surface area contributed by atoms with Crippen LogP contribution in [0.5, 0.6) is 0 Å². The molecule has 0 amide bonds. The molecule has 4 N–H and O–H groups in total. The number of hydrogen-bond acceptors (Lipinski definition) is 14. The molecular weight excluding hydrogens is 913 g/mol. The Balaban J connectivity index is 0.000000265. The maximum absolute atomic E-state index is 12.4. The molecule has 18 nitrogen and oxygen atoms in total. The van der Waals surface area contributed by atoms with Gasteiger partial charge in [-0.05, 0) is 93.5 Å². The summed E-state index contributed by atoms with van der Waals surface area (Å²) >= 11 is 0. The molecule has 0 aliphatic heterocycles. The fraction of sp³-hybridized carbons (Fsp3) is 0.364. The number of ether oxygens (including phenoxy) is 2. The summed E-state index contributed by atoms with van der Waals surface area (Å²) < 4.78 is 111. The zero-order valence-electron chi connectivity index (χ0n) is 35.5. The molecule has 0 spiro atoms. The number of carboxylic acid groups (broad SMARTS) is 2. The monoisotopic (exact) mass is 960 g/mol. The number of hydrogen-bond donors (Lipinski definition) is 4. The minimum Gasteiger partial charge on any atom is -0.744 e. The van der Waals surface area contributed by atoms with Crippen molar-refractivity contribution in [3.8, 4) is 22.3 Å². The molecule has 0 bridgehead atoms. The van der Waals surface area contributed by atoms with Crippen LogP contribution in [0, 0.1) is 23.7 Å². The minimum absolute atomic E-state index is 0.000253. The Kier molecular flexibility index (Phi) is 17.3. The Labute approximate surface area is 376 Å². The molecule has 0 heterocycles. The zero-order valence-corrected chi connectivity index (χ0v) is 38.0. The quantitative estimate of drug-likeness (QED) is 0.0726. The Morgan fingerprint density at radius 1 is 0.538 bits per heavy atom. The van der Waals surface area contributed by atoms with Crippen molar-refractivity contribution >= 4 is 54.5 Å². The number of carboxylic acids is 2. The van der Waals surface area contributed by atoms with Gasteiger partial charge in [0, 0.05) is 11.8 Å². The van der Waals surface area contributed by atoms with E-state index in [0.717, 1.165) is 35.4 Å². The molecule has 4 aromatic rings. The molecule has 0 aromatic heterocycles. The highest BCUT2D eigenvalue weighted by Crippen LogP contribution is 2.47. The maximum atomic E-state index is 12.4. The predicted molar refractivity (Wildman–Crippen MR) is 230 cm³/mol. The van der Waals surface area contributed by atoms with Crippen molar-refractivity contribution < 1.29 is 82.3 Å². The third kappa shape index (κ3) is 14.7. The predicted octanol–water partition coefficient (Wildman–Crippen LogP) is 6.11. The first kappa shape index (κ1) is 52.1. The van der Waals surface area contributed by atoms with Crippen LogP contribution in [0.4, 0.5) is 0 Å². The highest BCUT2D eigenvalue weighted by atomic mass is 32.3. The van der Waals surface area contributed by atoms with Crippen LogP contribution in [0.3, 0.4) is 0 Å². The lowest BCUT2D eigenvalue weighted by atomic mass is 9.94. The van der Waals surface area contributed by atoms with Crippen LogP contribution in [0.25, 0.3) is 22.3 Å². The molecule has 0 unspecified atom stereocenters. The van der Waals surface area contributed by atoms with Gasteiger partial charge in [0.2, 0.25) is 0 Å². The van der Waals surface area contributed by atoms with Crippen LogP contribution in [0.15, 0.2) is 94.7 Å². The van der Waals surface area contributed by atoms with Gasteiger partial charge in [-0.25, -0.2) is 16.8 Å². The van der Waals surface area contributed by atoms with Gasteiger partial charge in [0.1, 0.15) is 33.5 Å². The van der Waals surface area contributed by atoms with Crippen LogP contribution in [0.2, 0.25) is 0 Å². The Morgan fingerprint density at radius 3 is 1.14 bits per heavy atom. The fourth-order valence-electron chi connectivity index (χ4n) is 7.80. The first-order valence-electron chi connectivity index (χ1n) is 20.0. The van der Waals surface area contributed by atoms with E-state index in [1.54, 1.807) is 0 Å². The molecule has 4 aromatic carbocycles. The molecule has 2 atom stereocenters. The van der Waals surface area contributed by atoms with Crippen molar-refractivity contribution in [3.63, 3.8) is 0 Å². The summed E-state index contributed by atoms with van der Waals surface area (Å²) in [5, 5.41) is 18.6. The molecule has 65 heavy (non-hydrogen) atoms. The van der Waals surface area contributed by atoms with Crippen LogP contribution >= 0.6 is 0 Å². The highest BCUT2D eigenvalue weighted by Gasteiger charge is 2.33. The molecule has 352 valence electrons. The van der Waals surface area contributed by atoms with Crippen LogP contribution < -0.4 is 0 Å². The summed E-state index contributed by atoms with van der Waals surface area (Å²) in [5.41, 5.74) is 6.03. The van der Waals surface area contributed by atoms with E-state index in [0.29, 0.717) is 24.0 Å². The second kappa shape index (κ2) is 21.6. The number of esters is 2. The lowest BCUT2D eigenvalue weighted by molar-refractivity contribution is -0.152. The molecule has 0 fully saturated rings. The Morgan fingerprint density at radius 2 is 0.846 bits per heavy atom. The first-order chi connectivity index (χ1) is 30.1. The van der Waals surface area contributed by atoms with Crippen molar-refractivity contribution in [2.45, 2.75) is 75.0 Å². The zero-order chi connectivity index (χ0) is 48.6. The number of fused-ring (bicyclic) bond motifs is 6. The number of aliphatic carboxylic acids is 2. The van der Waals surface area contributed by atoms with E-state index in [2.05, 4.69) is 24.3 Å². The van der Waals surface area contributed by atoms with E-state index in [-0.39, 0.29) is 54.9 Å². The fourth-order valence-corrected chi connectivity index (χ4v) is 8.79. The summed E-state index contributed by atoms with van der Waals surface area (Å²) in [6, 6.07) is 23.4. The van der Waals surface area contributed by atoms with Crippen molar-refractivity contribution in [1.82, 2.24) is 0 Å². The summed E-state index contributed by atoms with van der Waals surface area (Å²) in [6.45, 7) is 7.57. The molecule has 2 aliphatic carbocycles. The van der Waals surface area contributed by atoms with Gasteiger partial charge in [-0.15, -0.1) is 0 Å². The van der Waals surface area contributed by atoms with Crippen molar-refractivity contribution in [2.75, 3.05) is 13.2 Å². The average Bonchev–Trinajstić information content (AvgIpc) is 3.68.